The Morgan fingerprint density at radius 1 is 1.47 bits per heavy atom. The molecule has 7 heteroatoms. The van der Waals surface area contributed by atoms with Crippen molar-refractivity contribution >= 4 is 16.0 Å². The fourth-order valence-corrected chi connectivity index (χ4v) is 2.57. The summed E-state index contributed by atoms with van der Waals surface area (Å²) in [6.07, 6.45) is 1.24. The van der Waals surface area contributed by atoms with E-state index in [0.29, 0.717) is 12.8 Å². The lowest BCUT2D eigenvalue weighted by molar-refractivity contribution is -0.141. The summed E-state index contributed by atoms with van der Waals surface area (Å²) in [5.74, 6) is -1.77. The molecular formula is C10H18N2O4S. The van der Waals surface area contributed by atoms with Crippen LogP contribution in [0.1, 0.15) is 33.1 Å². The molecule has 0 saturated heterocycles. The maximum Gasteiger partial charge on any atom is 0.307 e. The Bertz CT molecular complexity index is 386. The van der Waals surface area contributed by atoms with Crippen LogP contribution >= 0.6 is 0 Å². The Morgan fingerprint density at radius 2 is 2.06 bits per heavy atom. The van der Waals surface area contributed by atoms with Gasteiger partial charge in [-0.05, 0) is 12.8 Å². The largest absolute Gasteiger partial charge is 0.481 e. The van der Waals surface area contributed by atoms with E-state index in [9.17, 15) is 13.2 Å². The molecule has 0 aliphatic heterocycles. The van der Waals surface area contributed by atoms with Crippen LogP contribution in [0.25, 0.3) is 0 Å². The fourth-order valence-electron chi connectivity index (χ4n) is 1.36. The number of nitrogens with one attached hydrogen (secondary N) is 1. The number of carboxylic acids is 1. The van der Waals surface area contributed by atoms with E-state index in [-0.39, 0.29) is 13.0 Å². The van der Waals surface area contributed by atoms with Gasteiger partial charge in [-0.15, -0.1) is 0 Å². The van der Waals surface area contributed by atoms with Gasteiger partial charge in [-0.2, -0.15) is 5.26 Å². The Hall–Kier alpha value is -1.13. The molecule has 98 valence electrons. The van der Waals surface area contributed by atoms with Crippen molar-refractivity contribution in [3.8, 4) is 6.07 Å². The zero-order chi connectivity index (χ0) is 13.5. The number of carbonyl (C=O) groups is 1. The Morgan fingerprint density at radius 3 is 2.41 bits per heavy atom. The molecule has 0 spiro atoms. The summed E-state index contributed by atoms with van der Waals surface area (Å²) in [5.41, 5.74) is 0. The summed E-state index contributed by atoms with van der Waals surface area (Å²) in [6, 6.07) is 1.68. The topological polar surface area (TPSA) is 107 Å². The summed E-state index contributed by atoms with van der Waals surface area (Å²) >= 11 is 0. The van der Waals surface area contributed by atoms with E-state index in [1.165, 1.54) is 0 Å². The van der Waals surface area contributed by atoms with Gasteiger partial charge in [0.1, 0.15) is 0 Å². The van der Waals surface area contributed by atoms with Gasteiger partial charge in [0, 0.05) is 6.54 Å². The molecule has 0 aliphatic rings. The van der Waals surface area contributed by atoms with Crippen LogP contribution in [0.5, 0.6) is 0 Å². The van der Waals surface area contributed by atoms with Crippen molar-refractivity contribution in [1.82, 2.24) is 4.72 Å². The minimum Gasteiger partial charge on any atom is -0.481 e. The van der Waals surface area contributed by atoms with E-state index in [2.05, 4.69) is 4.72 Å². The summed E-state index contributed by atoms with van der Waals surface area (Å²) in [5, 5.41) is 16.4. The van der Waals surface area contributed by atoms with Gasteiger partial charge in [0.25, 0.3) is 0 Å². The number of carboxylic acid groups (broad SMARTS) is 1. The monoisotopic (exact) mass is 262 g/mol. The van der Waals surface area contributed by atoms with Crippen LogP contribution in [0.3, 0.4) is 0 Å². The van der Waals surface area contributed by atoms with Crippen LogP contribution in [-0.2, 0) is 14.8 Å². The lowest BCUT2D eigenvalue weighted by Crippen LogP contribution is -2.38. The van der Waals surface area contributed by atoms with Crippen molar-refractivity contribution in [2.75, 3.05) is 6.54 Å². The highest BCUT2D eigenvalue weighted by Gasteiger charge is 2.25. The van der Waals surface area contributed by atoms with Crippen LogP contribution in [0.2, 0.25) is 0 Å². The third kappa shape index (κ3) is 5.15. The van der Waals surface area contributed by atoms with Crippen molar-refractivity contribution in [2.24, 2.45) is 5.92 Å². The first kappa shape index (κ1) is 15.9. The van der Waals surface area contributed by atoms with Crippen LogP contribution in [-0.4, -0.2) is 31.3 Å². The first-order valence-corrected chi connectivity index (χ1v) is 7.04. The van der Waals surface area contributed by atoms with Gasteiger partial charge >= 0.3 is 5.97 Å². The molecule has 0 aromatic heterocycles. The molecule has 0 amide bonds. The Balaban J connectivity index is 4.54. The maximum atomic E-state index is 11.6. The number of hydrogen-bond acceptors (Lipinski definition) is 4. The van der Waals surface area contributed by atoms with Crippen LogP contribution in [0.4, 0.5) is 0 Å². The van der Waals surface area contributed by atoms with Crippen molar-refractivity contribution in [1.29, 1.82) is 5.26 Å². The minimum atomic E-state index is -3.74. The molecule has 17 heavy (non-hydrogen) atoms. The number of nitriles is 1. The molecule has 0 aromatic carbocycles. The highest BCUT2D eigenvalue weighted by Crippen LogP contribution is 2.08. The Kier molecular flexibility index (Phi) is 6.76. The first-order chi connectivity index (χ1) is 7.88. The molecule has 0 aliphatic carbocycles. The van der Waals surface area contributed by atoms with Gasteiger partial charge in [0.2, 0.25) is 10.0 Å². The molecule has 2 unspecified atom stereocenters. The number of aliphatic carboxylic acids is 1. The van der Waals surface area contributed by atoms with Gasteiger partial charge in [0.05, 0.1) is 12.0 Å². The molecule has 0 saturated carbocycles. The number of nitrogens with zero attached hydrogens (tertiary/aromatic N) is 1. The van der Waals surface area contributed by atoms with E-state index in [0.717, 1.165) is 0 Å². The van der Waals surface area contributed by atoms with E-state index in [1.54, 1.807) is 13.0 Å². The van der Waals surface area contributed by atoms with Crippen LogP contribution < -0.4 is 4.72 Å². The third-order valence-corrected chi connectivity index (χ3v) is 4.16. The predicted molar refractivity (Wildman–Crippen MR) is 62.6 cm³/mol. The zero-order valence-electron chi connectivity index (χ0n) is 10.0. The van der Waals surface area contributed by atoms with Crippen LogP contribution in [0.15, 0.2) is 0 Å². The molecule has 0 aromatic rings. The molecule has 0 heterocycles. The third-order valence-electron chi connectivity index (χ3n) is 2.41. The molecule has 0 fully saturated rings. The normalized spacial score (nSPS) is 14.9. The highest BCUT2D eigenvalue weighted by molar-refractivity contribution is 7.90. The van der Waals surface area contributed by atoms with Gasteiger partial charge in [-0.25, -0.2) is 13.1 Å². The van der Waals surface area contributed by atoms with Gasteiger partial charge < -0.3 is 5.11 Å². The van der Waals surface area contributed by atoms with Crippen molar-refractivity contribution in [2.45, 2.75) is 38.4 Å². The van der Waals surface area contributed by atoms with E-state index >= 15 is 0 Å². The second-order valence-electron chi connectivity index (χ2n) is 3.74. The quantitative estimate of drug-likeness (QED) is 0.669. The molecule has 2 N–H and O–H groups in total. The number of sulfonamides is 1. The lowest BCUT2D eigenvalue weighted by Gasteiger charge is -2.14. The number of rotatable bonds is 8. The second kappa shape index (κ2) is 7.25. The molecule has 0 rings (SSSR count). The second-order valence-corrected chi connectivity index (χ2v) is 5.69. The van der Waals surface area contributed by atoms with Crippen molar-refractivity contribution in [3.63, 3.8) is 0 Å². The minimum absolute atomic E-state index is 0.163. The molecule has 0 bridgehead atoms. The average Bonchev–Trinajstić information content (AvgIpc) is 2.25. The predicted octanol–water partition coefficient (Wildman–Crippen LogP) is 0.709. The summed E-state index contributed by atoms with van der Waals surface area (Å²) in [4.78, 5) is 10.8. The van der Waals surface area contributed by atoms with Crippen LogP contribution in [0, 0.1) is 17.2 Å². The summed E-state index contributed by atoms with van der Waals surface area (Å²) in [6.45, 7) is 3.26. The average molecular weight is 262 g/mol. The molecule has 2 atom stereocenters. The molecular weight excluding hydrogens is 244 g/mol. The van der Waals surface area contributed by atoms with Crippen molar-refractivity contribution < 1.29 is 18.3 Å². The molecule has 0 radical (unpaired) electrons. The molecule has 6 nitrogen and oxygen atoms in total. The van der Waals surface area contributed by atoms with Gasteiger partial charge in [0.15, 0.2) is 5.25 Å². The fraction of sp³-hybridized carbons (Fsp3) is 0.800. The van der Waals surface area contributed by atoms with Crippen molar-refractivity contribution in [3.05, 3.63) is 0 Å². The van der Waals surface area contributed by atoms with Gasteiger partial charge in [-0.3, -0.25) is 4.79 Å². The first-order valence-electron chi connectivity index (χ1n) is 5.49. The highest BCUT2D eigenvalue weighted by atomic mass is 32.2. The maximum absolute atomic E-state index is 11.6. The Labute approximate surface area is 102 Å². The standard InChI is InChI=1S/C10H18N2O4S/c1-3-5-8(10(13)14)7-12-17(15,16)9(4-2)6-11/h8-9,12H,3-5,7H2,1-2H3,(H,13,14). The van der Waals surface area contributed by atoms with E-state index in [4.69, 9.17) is 10.4 Å². The van der Waals surface area contributed by atoms with E-state index in [1.807, 2.05) is 6.92 Å². The van der Waals surface area contributed by atoms with Gasteiger partial charge in [-0.1, -0.05) is 20.3 Å². The van der Waals surface area contributed by atoms with E-state index < -0.39 is 27.2 Å². The summed E-state index contributed by atoms with van der Waals surface area (Å²) in [7, 11) is -3.74. The number of hydrogen-bond donors (Lipinski definition) is 2. The zero-order valence-corrected chi connectivity index (χ0v) is 10.8. The smallest absolute Gasteiger partial charge is 0.307 e. The summed E-state index contributed by atoms with van der Waals surface area (Å²) < 4.78 is 25.4. The SMILES string of the molecule is CCCC(CNS(=O)(=O)C(C#N)CC)C(=O)O. The lowest BCUT2D eigenvalue weighted by atomic mass is 10.1.